The van der Waals surface area contributed by atoms with Gasteiger partial charge in [0.05, 0.1) is 0 Å². The minimum atomic E-state index is 0. The average Bonchev–Trinajstić information content (AvgIpc) is 2.51. The largest absolute Gasteiger partial charge is 0.356 e. The fraction of sp³-hybridized carbons (Fsp3) is 0.889. The van der Waals surface area contributed by atoms with Gasteiger partial charge in [0, 0.05) is 12.5 Å². The summed E-state index contributed by atoms with van der Waals surface area (Å²) in [5.74, 6) is 0.925. The molecule has 0 aromatic heterocycles. The van der Waals surface area contributed by atoms with Crippen LogP contribution in [0.1, 0.15) is 20.3 Å². The quantitative estimate of drug-likeness (QED) is 0.717. The average molecular weight is 207 g/mol. The van der Waals surface area contributed by atoms with Crippen LogP contribution in [0, 0.1) is 11.8 Å². The summed E-state index contributed by atoms with van der Waals surface area (Å²) in [5, 5.41) is 6.22. The number of halogens is 1. The van der Waals surface area contributed by atoms with Crippen molar-refractivity contribution in [1.29, 1.82) is 0 Å². The first kappa shape index (κ1) is 12.7. The number of rotatable bonds is 3. The molecule has 0 bridgehead atoms. The molecule has 0 aromatic carbocycles. The van der Waals surface area contributed by atoms with Crippen LogP contribution < -0.4 is 10.6 Å². The Kier molecular flexibility index (Phi) is 6.08. The normalized spacial score (nSPS) is 21.3. The summed E-state index contributed by atoms with van der Waals surface area (Å²) in [4.78, 5) is 11.2. The summed E-state index contributed by atoms with van der Waals surface area (Å²) in [6.07, 6.45) is 1.19. The van der Waals surface area contributed by atoms with Crippen molar-refractivity contribution in [2.24, 2.45) is 11.8 Å². The van der Waals surface area contributed by atoms with Gasteiger partial charge in [0.15, 0.2) is 0 Å². The van der Waals surface area contributed by atoms with E-state index in [-0.39, 0.29) is 24.2 Å². The highest BCUT2D eigenvalue weighted by atomic mass is 35.5. The Morgan fingerprint density at radius 2 is 2.31 bits per heavy atom. The Hall–Kier alpha value is -0.280. The molecule has 1 rings (SSSR count). The number of hydrogen-bond acceptors (Lipinski definition) is 2. The molecule has 78 valence electrons. The fourth-order valence-corrected chi connectivity index (χ4v) is 1.34. The lowest BCUT2D eigenvalue weighted by Crippen LogP contribution is -2.33. The molecular formula is C9H19ClN2O. The number of carbonyl (C=O) groups is 1. The van der Waals surface area contributed by atoms with Crippen LogP contribution in [-0.4, -0.2) is 25.5 Å². The van der Waals surface area contributed by atoms with Crippen molar-refractivity contribution in [2.75, 3.05) is 19.6 Å². The summed E-state index contributed by atoms with van der Waals surface area (Å²) in [6, 6.07) is 0. The molecule has 13 heavy (non-hydrogen) atoms. The molecule has 1 aliphatic heterocycles. The van der Waals surface area contributed by atoms with Crippen molar-refractivity contribution >= 4 is 18.3 Å². The third kappa shape index (κ3) is 4.48. The van der Waals surface area contributed by atoms with E-state index >= 15 is 0 Å². The molecule has 0 aromatic rings. The van der Waals surface area contributed by atoms with Crippen molar-refractivity contribution < 1.29 is 4.79 Å². The van der Waals surface area contributed by atoms with Gasteiger partial charge in [-0.1, -0.05) is 13.8 Å². The molecular weight excluding hydrogens is 188 g/mol. The van der Waals surface area contributed by atoms with E-state index in [2.05, 4.69) is 10.6 Å². The Balaban J connectivity index is 0.00000144. The second-order valence-corrected chi connectivity index (χ2v) is 3.76. The van der Waals surface area contributed by atoms with Gasteiger partial charge in [-0.05, 0) is 25.4 Å². The maximum Gasteiger partial charge on any atom is 0.222 e. The zero-order valence-corrected chi connectivity index (χ0v) is 9.12. The lowest BCUT2D eigenvalue weighted by Gasteiger charge is -2.11. The SMILES string of the molecule is CC(C)C(=O)NC[C@@H]1CCNC1.Cl. The lowest BCUT2D eigenvalue weighted by atomic mass is 10.1. The van der Waals surface area contributed by atoms with E-state index in [1.807, 2.05) is 13.8 Å². The molecule has 1 saturated heterocycles. The highest BCUT2D eigenvalue weighted by Crippen LogP contribution is 2.05. The zero-order valence-electron chi connectivity index (χ0n) is 8.30. The summed E-state index contributed by atoms with van der Waals surface area (Å²) in [5.41, 5.74) is 0. The highest BCUT2D eigenvalue weighted by molar-refractivity contribution is 5.85. The van der Waals surface area contributed by atoms with Gasteiger partial charge in [-0.2, -0.15) is 0 Å². The second kappa shape index (κ2) is 6.22. The van der Waals surface area contributed by atoms with Gasteiger partial charge < -0.3 is 10.6 Å². The molecule has 0 spiro atoms. The summed E-state index contributed by atoms with van der Waals surface area (Å²) >= 11 is 0. The smallest absolute Gasteiger partial charge is 0.222 e. The van der Waals surface area contributed by atoms with Crippen LogP contribution in [0.25, 0.3) is 0 Å². The van der Waals surface area contributed by atoms with Crippen LogP contribution in [0.5, 0.6) is 0 Å². The molecule has 3 nitrogen and oxygen atoms in total. The van der Waals surface area contributed by atoms with Crippen molar-refractivity contribution in [1.82, 2.24) is 10.6 Å². The maximum absolute atomic E-state index is 11.2. The monoisotopic (exact) mass is 206 g/mol. The van der Waals surface area contributed by atoms with Gasteiger partial charge in [-0.25, -0.2) is 0 Å². The predicted molar refractivity (Wildman–Crippen MR) is 56.1 cm³/mol. The molecule has 0 radical (unpaired) electrons. The standard InChI is InChI=1S/C9H18N2O.ClH/c1-7(2)9(12)11-6-8-3-4-10-5-8;/h7-8,10H,3-6H2,1-2H3,(H,11,12);1H/t8-;/m1./s1. The molecule has 1 heterocycles. The van der Waals surface area contributed by atoms with Gasteiger partial charge in [0.1, 0.15) is 0 Å². The molecule has 1 atom stereocenters. The van der Waals surface area contributed by atoms with Gasteiger partial charge in [0.2, 0.25) is 5.91 Å². The molecule has 1 fully saturated rings. The zero-order chi connectivity index (χ0) is 8.97. The van der Waals surface area contributed by atoms with Crippen molar-refractivity contribution in [2.45, 2.75) is 20.3 Å². The molecule has 2 N–H and O–H groups in total. The minimum absolute atomic E-state index is 0. The number of carbonyl (C=O) groups excluding carboxylic acids is 1. The molecule has 0 saturated carbocycles. The van der Waals surface area contributed by atoms with Crippen LogP contribution in [0.3, 0.4) is 0 Å². The molecule has 0 aliphatic carbocycles. The van der Waals surface area contributed by atoms with E-state index in [4.69, 9.17) is 0 Å². The predicted octanol–water partition coefficient (Wildman–Crippen LogP) is 0.790. The van der Waals surface area contributed by atoms with Crippen LogP contribution in [0.4, 0.5) is 0 Å². The van der Waals surface area contributed by atoms with Crippen LogP contribution in [0.15, 0.2) is 0 Å². The number of amides is 1. The number of nitrogens with one attached hydrogen (secondary N) is 2. The first-order valence-corrected chi connectivity index (χ1v) is 4.68. The van der Waals surface area contributed by atoms with E-state index in [9.17, 15) is 4.79 Å². The Morgan fingerprint density at radius 3 is 2.77 bits per heavy atom. The first-order valence-electron chi connectivity index (χ1n) is 4.68. The first-order chi connectivity index (χ1) is 5.70. The van der Waals surface area contributed by atoms with Gasteiger partial charge in [-0.3, -0.25) is 4.79 Å². The van der Waals surface area contributed by atoms with Crippen molar-refractivity contribution in [3.63, 3.8) is 0 Å². The number of hydrogen-bond donors (Lipinski definition) is 2. The van der Waals surface area contributed by atoms with E-state index in [1.165, 1.54) is 6.42 Å². The third-order valence-electron chi connectivity index (χ3n) is 2.25. The highest BCUT2D eigenvalue weighted by Gasteiger charge is 2.15. The van der Waals surface area contributed by atoms with Crippen LogP contribution >= 0.6 is 12.4 Å². The van der Waals surface area contributed by atoms with E-state index in [1.54, 1.807) is 0 Å². The van der Waals surface area contributed by atoms with E-state index < -0.39 is 0 Å². The summed E-state index contributed by atoms with van der Waals surface area (Å²) < 4.78 is 0. The Labute approximate surface area is 86.1 Å². The van der Waals surface area contributed by atoms with Crippen LogP contribution in [0.2, 0.25) is 0 Å². The summed E-state index contributed by atoms with van der Waals surface area (Å²) in [7, 11) is 0. The molecule has 0 unspecified atom stereocenters. The van der Waals surface area contributed by atoms with E-state index in [0.29, 0.717) is 5.92 Å². The van der Waals surface area contributed by atoms with Crippen molar-refractivity contribution in [3.05, 3.63) is 0 Å². The summed E-state index contributed by atoms with van der Waals surface area (Å²) in [6.45, 7) is 6.83. The van der Waals surface area contributed by atoms with Gasteiger partial charge >= 0.3 is 0 Å². The third-order valence-corrected chi connectivity index (χ3v) is 2.25. The molecule has 1 aliphatic rings. The van der Waals surface area contributed by atoms with Crippen LogP contribution in [-0.2, 0) is 4.79 Å². The fourth-order valence-electron chi connectivity index (χ4n) is 1.34. The lowest BCUT2D eigenvalue weighted by molar-refractivity contribution is -0.124. The van der Waals surface area contributed by atoms with Gasteiger partial charge in [-0.15, -0.1) is 12.4 Å². The van der Waals surface area contributed by atoms with Gasteiger partial charge in [0.25, 0.3) is 0 Å². The molecule has 4 heteroatoms. The maximum atomic E-state index is 11.2. The topological polar surface area (TPSA) is 41.1 Å². The minimum Gasteiger partial charge on any atom is -0.356 e. The van der Waals surface area contributed by atoms with E-state index in [0.717, 1.165) is 19.6 Å². The Bertz CT molecular complexity index is 156. The van der Waals surface area contributed by atoms with Crippen molar-refractivity contribution in [3.8, 4) is 0 Å². The second-order valence-electron chi connectivity index (χ2n) is 3.76. The Morgan fingerprint density at radius 1 is 1.62 bits per heavy atom. The molecule has 1 amide bonds.